The monoisotopic (exact) mass is 369 g/mol. The standard InChI is InChI=1S/C21H27N3O3/c1-27-15-5-13-23-21(26)18-8-10-19(11-9-18)24-20(25)16-22-14-12-17-6-3-2-4-7-17/h2-4,6-11,22H,5,12-16H2,1H3,(H,23,26)(H,24,25). The van der Waals surface area contributed by atoms with Crippen LogP contribution in [0, 0.1) is 0 Å². The lowest BCUT2D eigenvalue weighted by Gasteiger charge is -2.08. The Morgan fingerprint density at radius 2 is 1.70 bits per heavy atom. The van der Waals surface area contributed by atoms with Gasteiger partial charge in [0.1, 0.15) is 0 Å². The molecular weight excluding hydrogens is 342 g/mol. The number of anilines is 1. The molecule has 2 aromatic rings. The highest BCUT2D eigenvalue weighted by Crippen LogP contribution is 2.09. The van der Waals surface area contributed by atoms with E-state index in [-0.39, 0.29) is 18.4 Å². The zero-order chi connectivity index (χ0) is 19.3. The van der Waals surface area contributed by atoms with Gasteiger partial charge in [-0.2, -0.15) is 0 Å². The summed E-state index contributed by atoms with van der Waals surface area (Å²) >= 11 is 0. The van der Waals surface area contributed by atoms with Crippen molar-refractivity contribution in [2.45, 2.75) is 12.8 Å². The average Bonchev–Trinajstić information content (AvgIpc) is 2.70. The topological polar surface area (TPSA) is 79.5 Å². The molecule has 2 rings (SSSR count). The first-order chi connectivity index (χ1) is 13.2. The van der Waals surface area contributed by atoms with Gasteiger partial charge in [-0.15, -0.1) is 0 Å². The average molecular weight is 369 g/mol. The first-order valence-corrected chi connectivity index (χ1v) is 9.10. The Balaban J connectivity index is 1.67. The van der Waals surface area contributed by atoms with Gasteiger partial charge in [-0.1, -0.05) is 30.3 Å². The minimum absolute atomic E-state index is 0.111. The number of hydrogen-bond donors (Lipinski definition) is 3. The zero-order valence-electron chi connectivity index (χ0n) is 15.7. The summed E-state index contributed by atoms with van der Waals surface area (Å²) < 4.78 is 4.94. The summed E-state index contributed by atoms with van der Waals surface area (Å²) in [7, 11) is 1.63. The lowest BCUT2D eigenvalue weighted by molar-refractivity contribution is -0.115. The van der Waals surface area contributed by atoms with Crippen LogP contribution in [0.3, 0.4) is 0 Å². The molecule has 0 radical (unpaired) electrons. The van der Waals surface area contributed by atoms with Crippen LogP contribution in [0.15, 0.2) is 54.6 Å². The molecule has 2 aromatic carbocycles. The van der Waals surface area contributed by atoms with Crippen molar-refractivity contribution in [1.29, 1.82) is 0 Å². The second-order valence-electron chi connectivity index (χ2n) is 6.14. The number of hydrogen-bond acceptors (Lipinski definition) is 4. The molecule has 6 nitrogen and oxygen atoms in total. The highest BCUT2D eigenvalue weighted by atomic mass is 16.5. The third kappa shape index (κ3) is 8.02. The molecule has 144 valence electrons. The lowest BCUT2D eigenvalue weighted by Crippen LogP contribution is -2.29. The largest absolute Gasteiger partial charge is 0.385 e. The maximum absolute atomic E-state index is 12.0. The highest BCUT2D eigenvalue weighted by molar-refractivity contribution is 5.96. The number of carbonyl (C=O) groups is 2. The van der Waals surface area contributed by atoms with E-state index >= 15 is 0 Å². The normalized spacial score (nSPS) is 10.4. The van der Waals surface area contributed by atoms with Gasteiger partial charge in [0.05, 0.1) is 6.54 Å². The molecule has 0 aliphatic rings. The van der Waals surface area contributed by atoms with Crippen molar-refractivity contribution in [3.8, 4) is 0 Å². The Hall–Kier alpha value is -2.70. The van der Waals surface area contributed by atoms with Gasteiger partial charge in [0, 0.05) is 31.5 Å². The van der Waals surface area contributed by atoms with Crippen LogP contribution in [-0.2, 0) is 16.0 Å². The van der Waals surface area contributed by atoms with Gasteiger partial charge in [0.2, 0.25) is 5.91 Å². The fraction of sp³-hybridized carbons (Fsp3) is 0.333. The molecule has 3 N–H and O–H groups in total. The summed E-state index contributed by atoms with van der Waals surface area (Å²) in [6.45, 7) is 2.17. The summed E-state index contributed by atoms with van der Waals surface area (Å²) in [5.41, 5.74) is 2.47. The first kappa shape index (κ1) is 20.6. The van der Waals surface area contributed by atoms with Crippen LogP contribution in [0.2, 0.25) is 0 Å². The van der Waals surface area contributed by atoms with Crippen molar-refractivity contribution >= 4 is 17.5 Å². The van der Waals surface area contributed by atoms with Gasteiger partial charge < -0.3 is 20.7 Å². The third-order valence-corrected chi connectivity index (χ3v) is 3.96. The number of rotatable bonds is 11. The number of methoxy groups -OCH3 is 1. The Morgan fingerprint density at radius 1 is 0.963 bits per heavy atom. The van der Waals surface area contributed by atoms with E-state index in [2.05, 4.69) is 28.1 Å². The molecule has 0 unspecified atom stereocenters. The van der Waals surface area contributed by atoms with Gasteiger partial charge in [-0.3, -0.25) is 9.59 Å². The van der Waals surface area contributed by atoms with Crippen molar-refractivity contribution < 1.29 is 14.3 Å². The highest BCUT2D eigenvalue weighted by Gasteiger charge is 2.06. The second-order valence-corrected chi connectivity index (χ2v) is 6.14. The second kappa shape index (κ2) is 11.8. The fourth-order valence-electron chi connectivity index (χ4n) is 2.51. The molecule has 0 aliphatic carbocycles. The smallest absolute Gasteiger partial charge is 0.251 e. The maximum atomic E-state index is 12.0. The van der Waals surface area contributed by atoms with Crippen LogP contribution in [0.25, 0.3) is 0 Å². The van der Waals surface area contributed by atoms with E-state index in [1.807, 2.05) is 18.2 Å². The van der Waals surface area contributed by atoms with Crippen LogP contribution < -0.4 is 16.0 Å². The van der Waals surface area contributed by atoms with Crippen LogP contribution in [0.4, 0.5) is 5.69 Å². The molecular formula is C21H27N3O3. The Morgan fingerprint density at radius 3 is 2.41 bits per heavy atom. The zero-order valence-corrected chi connectivity index (χ0v) is 15.7. The predicted molar refractivity (Wildman–Crippen MR) is 107 cm³/mol. The first-order valence-electron chi connectivity index (χ1n) is 9.10. The van der Waals surface area contributed by atoms with Crippen LogP contribution in [0.5, 0.6) is 0 Å². The molecule has 0 spiro atoms. The van der Waals surface area contributed by atoms with Gasteiger partial charge in [0.15, 0.2) is 0 Å². The molecule has 0 bridgehead atoms. The Kier molecular flexibility index (Phi) is 9.03. The third-order valence-electron chi connectivity index (χ3n) is 3.96. The molecule has 0 heterocycles. The van der Waals surface area contributed by atoms with Gasteiger partial charge in [0.25, 0.3) is 5.91 Å². The van der Waals surface area contributed by atoms with Gasteiger partial charge >= 0.3 is 0 Å². The molecule has 0 aliphatic heterocycles. The lowest BCUT2D eigenvalue weighted by atomic mass is 10.1. The molecule has 0 saturated carbocycles. The van der Waals surface area contributed by atoms with Crippen molar-refractivity contribution in [2.24, 2.45) is 0 Å². The van der Waals surface area contributed by atoms with Crippen LogP contribution >= 0.6 is 0 Å². The molecule has 6 heteroatoms. The minimum Gasteiger partial charge on any atom is -0.385 e. The number of ether oxygens (including phenoxy) is 1. The molecule has 0 fully saturated rings. The molecule has 27 heavy (non-hydrogen) atoms. The van der Waals surface area contributed by atoms with E-state index < -0.39 is 0 Å². The quantitative estimate of drug-likeness (QED) is 0.531. The molecule has 0 atom stereocenters. The molecule has 0 aromatic heterocycles. The minimum atomic E-state index is -0.133. The summed E-state index contributed by atoms with van der Waals surface area (Å²) in [6, 6.07) is 17.0. The van der Waals surface area contributed by atoms with E-state index in [0.29, 0.717) is 24.4 Å². The van der Waals surface area contributed by atoms with Crippen LogP contribution in [-0.4, -0.2) is 45.2 Å². The predicted octanol–water partition coefficient (Wildman–Crippen LogP) is 2.22. The van der Waals surface area contributed by atoms with Crippen molar-refractivity contribution in [2.75, 3.05) is 38.7 Å². The Bertz CT molecular complexity index is 702. The number of benzene rings is 2. The summed E-state index contributed by atoms with van der Waals surface area (Å²) in [5.74, 6) is -0.244. The number of nitrogens with one attached hydrogen (secondary N) is 3. The van der Waals surface area contributed by atoms with E-state index in [4.69, 9.17) is 4.74 Å². The maximum Gasteiger partial charge on any atom is 0.251 e. The van der Waals surface area contributed by atoms with Gasteiger partial charge in [-0.25, -0.2) is 0 Å². The molecule has 2 amide bonds. The van der Waals surface area contributed by atoms with E-state index in [0.717, 1.165) is 19.4 Å². The summed E-state index contributed by atoms with van der Waals surface area (Å²) in [5, 5.41) is 8.77. The van der Waals surface area contributed by atoms with Crippen molar-refractivity contribution in [3.05, 3.63) is 65.7 Å². The van der Waals surface area contributed by atoms with Crippen molar-refractivity contribution in [3.63, 3.8) is 0 Å². The van der Waals surface area contributed by atoms with E-state index in [1.54, 1.807) is 31.4 Å². The summed E-state index contributed by atoms with van der Waals surface area (Å²) in [4.78, 5) is 24.0. The molecule has 0 saturated heterocycles. The van der Waals surface area contributed by atoms with E-state index in [1.165, 1.54) is 5.56 Å². The van der Waals surface area contributed by atoms with E-state index in [9.17, 15) is 9.59 Å². The van der Waals surface area contributed by atoms with Gasteiger partial charge in [-0.05, 0) is 49.2 Å². The SMILES string of the molecule is COCCCNC(=O)c1ccc(NC(=O)CNCCc2ccccc2)cc1. The number of carbonyl (C=O) groups excluding carboxylic acids is 2. The summed E-state index contributed by atoms with van der Waals surface area (Å²) in [6.07, 6.45) is 1.65. The van der Waals surface area contributed by atoms with Crippen LogP contribution in [0.1, 0.15) is 22.3 Å². The number of amides is 2. The Labute approximate surface area is 160 Å². The van der Waals surface area contributed by atoms with Crippen molar-refractivity contribution in [1.82, 2.24) is 10.6 Å². The fourth-order valence-corrected chi connectivity index (χ4v) is 2.51.